The third kappa shape index (κ3) is 4.08. The van der Waals surface area contributed by atoms with E-state index in [1.54, 1.807) is 0 Å². The molecule has 0 saturated heterocycles. The first-order valence-corrected chi connectivity index (χ1v) is 8.37. The first-order valence-electron chi connectivity index (χ1n) is 6.51. The molecule has 0 spiro atoms. The maximum atomic E-state index is 12.4. The van der Waals surface area contributed by atoms with Crippen LogP contribution in [0.15, 0.2) is 23.1 Å². The first-order chi connectivity index (χ1) is 9.85. The van der Waals surface area contributed by atoms with Gasteiger partial charge in [0.25, 0.3) is 5.69 Å². The summed E-state index contributed by atoms with van der Waals surface area (Å²) in [6, 6.07) is 3.22. The first kappa shape index (κ1) is 19.1. The van der Waals surface area contributed by atoms with Crippen LogP contribution in [0.2, 0.25) is 5.02 Å². The summed E-state index contributed by atoms with van der Waals surface area (Å²) in [6.45, 7) is 0.385. The van der Waals surface area contributed by atoms with Gasteiger partial charge in [-0.15, -0.1) is 12.4 Å². The van der Waals surface area contributed by atoms with Gasteiger partial charge in [0.2, 0.25) is 10.0 Å². The molecule has 2 atom stereocenters. The molecule has 0 bridgehead atoms. The molecule has 3 N–H and O–H groups in total. The van der Waals surface area contributed by atoms with E-state index in [9.17, 15) is 18.5 Å². The quantitative estimate of drug-likeness (QED) is 0.608. The summed E-state index contributed by atoms with van der Waals surface area (Å²) in [6.07, 6.45) is 2.42. The zero-order chi connectivity index (χ0) is 15.6. The van der Waals surface area contributed by atoms with E-state index in [2.05, 4.69) is 4.72 Å². The number of nitro benzene ring substituents is 1. The molecule has 1 aromatic carbocycles. The van der Waals surface area contributed by atoms with Crippen LogP contribution in [0.5, 0.6) is 0 Å². The van der Waals surface area contributed by atoms with Gasteiger partial charge in [0.05, 0.1) is 4.92 Å². The van der Waals surface area contributed by atoms with Crippen LogP contribution >= 0.6 is 24.0 Å². The van der Waals surface area contributed by atoms with Crippen LogP contribution in [0.4, 0.5) is 5.69 Å². The number of nitro groups is 1. The lowest BCUT2D eigenvalue weighted by atomic mass is 10.1. The van der Waals surface area contributed by atoms with Crippen molar-refractivity contribution in [2.45, 2.75) is 30.2 Å². The average Bonchev–Trinajstić information content (AvgIpc) is 2.84. The standard InChI is InChI=1S/C12H16ClN3O4S.ClH/c13-9-4-5-12(11(6-9)16(17)18)21(19,20)15-10-3-1-2-8(10)7-14;/h4-6,8,10,15H,1-3,7,14H2;1H. The zero-order valence-electron chi connectivity index (χ0n) is 11.6. The predicted octanol–water partition coefficient (Wildman–Crippen LogP) is 2.08. The SMILES string of the molecule is Cl.NCC1CCCC1NS(=O)(=O)c1ccc(Cl)cc1[N+](=O)[O-]. The molecule has 2 unspecified atom stereocenters. The van der Waals surface area contributed by atoms with Crippen LogP contribution in [-0.2, 0) is 10.0 Å². The van der Waals surface area contributed by atoms with E-state index in [1.165, 1.54) is 6.07 Å². The maximum Gasteiger partial charge on any atom is 0.290 e. The van der Waals surface area contributed by atoms with Crippen molar-refractivity contribution in [3.63, 3.8) is 0 Å². The molecule has 1 fully saturated rings. The van der Waals surface area contributed by atoms with E-state index >= 15 is 0 Å². The van der Waals surface area contributed by atoms with E-state index in [0.29, 0.717) is 13.0 Å². The monoisotopic (exact) mass is 369 g/mol. The number of nitrogens with one attached hydrogen (secondary N) is 1. The lowest BCUT2D eigenvalue weighted by Gasteiger charge is -2.19. The molecule has 0 aromatic heterocycles. The van der Waals surface area contributed by atoms with Gasteiger partial charge in [-0.05, 0) is 37.4 Å². The van der Waals surface area contributed by atoms with Gasteiger partial charge >= 0.3 is 0 Å². The van der Waals surface area contributed by atoms with Gasteiger partial charge in [-0.3, -0.25) is 10.1 Å². The predicted molar refractivity (Wildman–Crippen MR) is 85.9 cm³/mol. The second kappa shape index (κ2) is 7.56. The van der Waals surface area contributed by atoms with Gasteiger partial charge < -0.3 is 5.73 Å². The highest BCUT2D eigenvalue weighted by Gasteiger charge is 2.33. The minimum absolute atomic E-state index is 0. The minimum atomic E-state index is -3.99. The van der Waals surface area contributed by atoms with Gasteiger partial charge in [-0.25, -0.2) is 13.1 Å². The van der Waals surface area contributed by atoms with Crippen LogP contribution < -0.4 is 10.5 Å². The van der Waals surface area contributed by atoms with Crippen molar-refractivity contribution in [3.8, 4) is 0 Å². The highest BCUT2D eigenvalue weighted by molar-refractivity contribution is 7.89. The number of hydrogen-bond acceptors (Lipinski definition) is 5. The molecule has 2 rings (SSSR count). The number of nitrogens with zero attached hydrogens (tertiary/aromatic N) is 1. The molecule has 1 saturated carbocycles. The topological polar surface area (TPSA) is 115 Å². The molecular formula is C12H17Cl2N3O4S. The Hall–Kier alpha value is -0.930. The molecule has 22 heavy (non-hydrogen) atoms. The van der Waals surface area contributed by atoms with Gasteiger partial charge in [0, 0.05) is 17.1 Å². The Balaban J connectivity index is 0.00000242. The molecule has 0 aliphatic heterocycles. The number of benzene rings is 1. The van der Waals surface area contributed by atoms with Gasteiger partial charge in [-0.1, -0.05) is 18.0 Å². The molecule has 1 aliphatic rings. The summed E-state index contributed by atoms with van der Waals surface area (Å²) < 4.78 is 27.3. The second-order valence-corrected chi connectivity index (χ2v) is 7.14. The van der Waals surface area contributed by atoms with E-state index in [4.69, 9.17) is 17.3 Å². The van der Waals surface area contributed by atoms with Gasteiger partial charge in [0.15, 0.2) is 4.90 Å². The number of nitrogens with two attached hydrogens (primary N) is 1. The summed E-state index contributed by atoms with van der Waals surface area (Å²) in [5.74, 6) is 0.0612. The van der Waals surface area contributed by atoms with Crippen molar-refractivity contribution in [1.29, 1.82) is 0 Å². The smallest absolute Gasteiger partial charge is 0.290 e. The maximum absolute atomic E-state index is 12.4. The minimum Gasteiger partial charge on any atom is -0.330 e. The third-order valence-electron chi connectivity index (χ3n) is 3.68. The lowest BCUT2D eigenvalue weighted by molar-refractivity contribution is -0.387. The van der Waals surface area contributed by atoms with Gasteiger partial charge in [0.1, 0.15) is 0 Å². The Morgan fingerprint density at radius 3 is 2.68 bits per heavy atom. The van der Waals surface area contributed by atoms with Crippen LogP contribution in [0, 0.1) is 16.0 Å². The van der Waals surface area contributed by atoms with Crippen molar-refractivity contribution >= 4 is 39.7 Å². The fourth-order valence-electron chi connectivity index (χ4n) is 2.60. The highest BCUT2D eigenvalue weighted by Crippen LogP contribution is 2.30. The van der Waals surface area contributed by atoms with Crippen molar-refractivity contribution in [1.82, 2.24) is 4.72 Å². The van der Waals surface area contributed by atoms with Crippen molar-refractivity contribution in [3.05, 3.63) is 33.3 Å². The number of hydrogen-bond donors (Lipinski definition) is 2. The Kier molecular flexibility index (Phi) is 6.57. The second-order valence-electron chi connectivity index (χ2n) is 5.02. The summed E-state index contributed by atoms with van der Waals surface area (Å²) in [5, 5.41) is 11.1. The molecule has 124 valence electrons. The van der Waals surface area contributed by atoms with Crippen molar-refractivity contribution < 1.29 is 13.3 Å². The van der Waals surface area contributed by atoms with Crippen molar-refractivity contribution in [2.24, 2.45) is 11.7 Å². The van der Waals surface area contributed by atoms with Crippen LogP contribution in [0.3, 0.4) is 0 Å². The Labute approximate surface area is 139 Å². The van der Waals surface area contributed by atoms with Gasteiger partial charge in [-0.2, -0.15) is 0 Å². The Morgan fingerprint density at radius 2 is 2.09 bits per heavy atom. The molecule has 10 heteroatoms. The Morgan fingerprint density at radius 1 is 1.41 bits per heavy atom. The summed E-state index contributed by atoms with van der Waals surface area (Å²) in [7, 11) is -3.99. The van der Waals surface area contributed by atoms with Crippen molar-refractivity contribution in [2.75, 3.05) is 6.54 Å². The van der Waals surface area contributed by atoms with Crippen LogP contribution in [0.1, 0.15) is 19.3 Å². The highest BCUT2D eigenvalue weighted by atomic mass is 35.5. The molecule has 0 amide bonds. The normalized spacial score (nSPS) is 21.4. The molecular weight excluding hydrogens is 353 g/mol. The number of halogens is 2. The molecule has 7 nitrogen and oxygen atoms in total. The van der Waals surface area contributed by atoms with Crippen LogP contribution in [-0.4, -0.2) is 25.9 Å². The third-order valence-corrected chi connectivity index (χ3v) is 5.45. The van der Waals surface area contributed by atoms with E-state index in [1.807, 2.05) is 0 Å². The van der Waals surface area contributed by atoms with E-state index in [-0.39, 0.29) is 34.3 Å². The number of sulfonamides is 1. The average molecular weight is 370 g/mol. The summed E-state index contributed by atoms with van der Waals surface area (Å²) in [5.41, 5.74) is 5.09. The lowest BCUT2D eigenvalue weighted by Crippen LogP contribution is -2.39. The molecule has 1 aromatic rings. The summed E-state index contributed by atoms with van der Waals surface area (Å²) >= 11 is 5.69. The Bertz CT molecular complexity index is 654. The largest absolute Gasteiger partial charge is 0.330 e. The molecule has 0 radical (unpaired) electrons. The fraction of sp³-hybridized carbons (Fsp3) is 0.500. The summed E-state index contributed by atoms with van der Waals surface area (Å²) in [4.78, 5) is 9.88. The van der Waals surface area contributed by atoms with E-state index < -0.39 is 20.6 Å². The molecule has 0 heterocycles. The fourth-order valence-corrected chi connectivity index (χ4v) is 4.26. The molecule has 1 aliphatic carbocycles. The van der Waals surface area contributed by atoms with Crippen LogP contribution in [0.25, 0.3) is 0 Å². The van der Waals surface area contributed by atoms with E-state index in [0.717, 1.165) is 25.0 Å². The number of rotatable bonds is 5. The zero-order valence-corrected chi connectivity index (χ0v) is 14.0.